The first kappa shape index (κ1) is 20.9. The fourth-order valence-corrected chi connectivity index (χ4v) is 4.02. The average molecular weight is 417 g/mol. The van der Waals surface area contributed by atoms with Gasteiger partial charge in [0.1, 0.15) is 11.5 Å². The van der Waals surface area contributed by atoms with Crippen LogP contribution in [-0.4, -0.2) is 36.6 Å². The van der Waals surface area contributed by atoms with Crippen LogP contribution in [0.1, 0.15) is 17.5 Å². The third-order valence-corrected chi connectivity index (χ3v) is 5.42. The molecule has 4 rings (SSSR count). The molecule has 1 unspecified atom stereocenters. The number of nitrogens with one attached hydrogen (secondary N) is 2. The Kier molecular flexibility index (Phi) is 6.48. The molecule has 1 aliphatic carbocycles. The molecule has 1 atom stereocenters. The largest absolute Gasteiger partial charge is 0.457 e. The summed E-state index contributed by atoms with van der Waals surface area (Å²) in [5.41, 5.74) is 4.25. The number of pyridine rings is 1. The van der Waals surface area contributed by atoms with Crippen molar-refractivity contribution >= 4 is 17.4 Å². The SMILES string of the molecule is CN(C)CC1CCc2cc(NC(=O)Nc3ccc(Oc4ccncc4)cc3)ccc2C1. The molecule has 6 heteroatoms. The standard InChI is InChI=1S/C25H28N4O2/c1-29(2)17-18-3-4-20-16-22(6-5-19(20)15-18)28-25(30)27-21-7-9-23(10-8-21)31-24-11-13-26-14-12-24/h5-14,16,18H,3-4,15,17H2,1-2H3,(H2,27,28,30). The molecular weight excluding hydrogens is 388 g/mol. The fourth-order valence-electron chi connectivity index (χ4n) is 4.02. The number of aryl methyl sites for hydroxylation is 1. The molecule has 31 heavy (non-hydrogen) atoms. The molecule has 6 nitrogen and oxygen atoms in total. The van der Waals surface area contributed by atoms with E-state index in [9.17, 15) is 4.79 Å². The Morgan fingerprint density at radius 2 is 1.65 bits per heavy atom. The number of hydrogen-bond donors (Lipinski definition) is 2. The summed E-state index contributed by atoms with van der Waals surface area (Å²) >= 11 is 0. The van der Waals surface area contributed by atoms with Gasteiger partial charge in [-0.25, -0.2) is 4.79 Å². The van der Waals surface area contributed by atoms with E-state index in [4.69, 9.17) is 4.74 Å². The number of amides is 2. The van der Waals surface area contributed by atoms with Crippen molar-refractivity contribution in [3.63, 3.8) is 0 Å². The van der Waals surface area contributed by atoms with Gasteiger partial charge in [-0.15, -0.1) is 0 Å². The molecule has 0 bridgehead atoms. The molecule has 160 valence electrons. The van der Waals surface area contributed by atoms with Crippen molar-refractivity contribution in [3.05, 3.63) is 78.1 Å². The summed E-state index contributed by atoms with van der Waals surface area (Å²) in [6.07, 6.45) is 6.71. The first-order chi connectivity index (χ1) is 15.0. The Morgan fingerprint density at radius 1 is 0.968 bits per heavy atom. The van der Waals surface area contributed by atoms with Crippen LogP contribution in [0.15, 0.2) is 67.0 Å². The summed E-state index contributed by atoms with van der Waals surface area (Å²) < 4.78 is 5.74. The van der Waals surface area contributed by atoms with Crippen LogP contribution in [0, 0.1) is 5.92 Å². The number of fused-ring (bicyclic) bond motifs is 1. The number of urea groups is 1. The quantitative estimate of drug-likeness (QED) is 0.581. The van der Waals surface area contributed by atoms with Gasteiger partial charge in [-0.3, -0.25) is 4.98 Å². The van der Waals surface area contributed by atoms with Gasteiger partial charge >= 0.3 is 6.03 Å². The van der Waals surface area contributed by atoms with Gasteiger partial charge in [-0.1, -0.05) is 6.07 Å². The summed E-state index contributed by atoms with van der Waals surface area (Å²) in [5.74, 6) is 2.11. The van der Waals surface area contributed by atoms with Crippen molar-refractivity contribution in [2.24, 2.45) is 5.92 Å². The summed E-state index contributed by atoms with van der Waals surface area (Å²) in [7, 11) is 4.26. The highest BCUT2D eigenvalue weighted by Gasteiger charge is 2.19. The predicted molar refractivity (Wildman–Crippen MR) is 124 cm³/mol. The Hall–Kier alpha value is -3.38. The Morgan fingerprint density at radius 3 is 2.39 bits per heavy atom. The minimum atomic E-state index is -0.260. The van der Waals surface area contributed by atoms with Crippen molar-refractivity contribution in [2.45, 2.75) is 19.3 Å². The number of rotatable bonds is 6. The van der Waals surface area contributed by atoms with Gasteiger partial charge in [0, 0.05) is 30.3 Å². The number of carbonyl (C=O) groups is 1. The minimum Gasteiger partial charge on any atom is -0.457 e. The maximum Gasteiger partial charge on any atom is 0.323 e. The molecule has 1 aliphatic rings. The lowest BCUT2D eigenvalue weighted by molar-refractivity contribution is 0.262. The lowest BCUT2D eigenvalue weighted by Gasteiger charge is -2.27. The number of hydrogen-bond acceptors (Lipinski definition) is 4. The summed E-state index contributed by atoms with van der Waals surface area (Å²) in [4.78, 5) is 18.7. The third kappa shape index (κ3) is 5.83. The molecule has 2 N–H and O–H groups in total. The number of ether oxygens (including phenoxy) is 1. The van der Waals surface area contributed by atoms with Crippen molar-refractivity contribution in [1.82, 2.24) is 9.88 Å². The lowest BCUT2D eigenvalue weighted by Crippen LogP contribution is -2.26. The van der Waals surface area contributed by atoms with Gasteiger partial charge in [0.15, 0.2) is 0 Å². The Bertz CT molecular complexity index is 1020. The zero-order chi connectivity index (χ0) is 21.6. The van der Waals surface area contributed by atoms with Crippen molar-refractivity contribution in [2.75, 3.05) is 31.3 Å². The van der Waals surface area contributed by atoms with Crippen LogP contribution in [0.4, 0.5) is 16.2 Å². The lowest BCUT2D eigenvalue weighted by atomic mass is 9.83. The van der Waals surface area contributed by atoms with Crippen molar-refractivity contribution in [1.29, 1.82) is 0 Å². The summed E-state index contributed by atoms with van der Waals surface area (Å²) in [5, 5.41) is 5.81. The molecule has 0 saturated heterocycles. The molecule has 0 radical (unpaired) electrons. The van der Waals surface area contributed by atoms with Gasteiger partial charge in [0.25, 0.3) is 0 Å². The minimum absolute atomic E-state index is 0.260. The molecular formula is C25H28N4O2. The molecule has 0 aliphatic heterocycles. The topological polar surface area (TPSA) is 66.5 Å². The molecule has 3 aromatic rings. The Labute approximate surface area is 183 Å². The molecule has 1 aromatic heterocycles. The second-order valence-electron chi connectivity index (χ2n) is 8.24. The zero-order valence-electron chi connectivity index (χ0n) is 18.0. The van der Waals surface area contributed by atoms with E-state index >= 15 is 0 Å². The van der Waals surface area contributed by atoms with Crippen LogP contribution in [-0.2, 0) is 12.8 Å². The number of aromatic nitrogens is 1. The van der Waals surface area contributed by atoms with Crippen LogP contribution >= 0.6 is 0 Å². The number of carbonyl (C=O) groups excluding carboxylic acids is 1. The maximum absolute atomic E-state index is 12.4. The number of anilines is 2. The van der Waals surface area contributed by atoms with Gasteiger partial charge in [-0.05, 0) is 98.9 Å². The van der Waals surface area contributed by atoms with E-state index in [0.29, 0.717) is 23.1 Å². The smallest absolute Gasteiger partial charge is 0.323 e. The zero-order valence-corrected chi connectivity index (χ0v) is 18.0. The second kappa shape index (κ2) is 9.62. The third-order valence-electron chi connectivity index (χ3n) is 5.42. The molecule has 0 fully saturated rings. The highest BCUT2D eigenvalue weighted by atomic mass is 16.5. The van der Waals surface area contributed by atoms with Crippen LogP contribution in [0.2, 0.25) is 0 Å². The number of benzene rings is 2. The van der Waals surface area contributed by atoms with E-state index in [1.165, 1.54) is 17.5 Å². The van der Waals surface area contributed by atoms with Crippen LogP contribution in [0.3, 0.4) is 0 Å². The van der Waals surface area contributed by atoms with Gasteiger partial charge in [0.05, 0.1) is 0 Å². The highest BCUT2D eigenvalue weighted by molar-refractivity contribution is 5.99. The van der Waals surface area contributed by atoms with Crippen LogP contribution in [0.5, 0.6) is 11.5 Å². The van der Waals surface area contributed by atoms with E-state index < -0.39 is 0 Å². The molecule has 1 heterocycles. The maximum atomic E-state index is 12.4. The van der Waals surface area contributed by atoms with Gasteiger partial charge in [-0.2, -0.15) is 0 Å². The van der Waals surface area contributed by atoms with Gasteiger partial charge < -0.3 is 20.3 Å². The first-order valence-corrected chi connectivity index (χ1v) is 10.6. The highest BCUT2D eigenvalue weighted by Crippen LogP contribution is 2.28. The molecule has 0 saturated carbocycles. The monoisotopic (exact) mass is 416 g/mol. The predicted octanol–water partition coefficient (Wildman–Crippen LogP) is 5.18. The van der Waals surface area contributed by atoms with Crippen molar-refractivity contribution in [3.8, 4) is 11.5 Å². The fraction of sp³-hybridized carbons (Fsp3) is 0.280. The van der Waals surface area contributed by atoms with E-state index in [0.717, 1.165) is 25.1 Å². The number of nitrogens with zero attached hydrogens (tertiary/aromatic N) is 2. The normalized spacial score (nSPS) is 15.3. The Balaban J connectivity index is 1.32. The van der Waals surface area contributed by atoms with E-state index in [2.05, 4.69) is 46.7 Å². The molecule has 2 amide bonds. The van der Waals surface area contributed by atoms with Crippen LogP contribution < -0.4 is 15.4 Å². The van der Waals surface area contributed by atoms with E-state index in [-0.39, 0.29) is 6.03 Å². The summed E-state index contributed by atoms with van der Waals surface area (Å²) in [6.45, 7) is 1.12. The summed E-state index contributed by atoms with van der Waals surface area (Å²) in [6, 6.07) is 16.8. The first-order valence-electron chi connectivity index (χ1n) is 10.6. The molecule has 2 aromatic carbocycles. The van der Waals surface area contributed by atoms with E-state index in [1.807, 2.05) is 30.3 Å². The van der Waals surface area contributed by atoms with Gasteiger partial charge in [0.2, 0.25) is 0 Å². The second-order valence-corrected chi connectivity index (χ2v) is 8.24. The van der Waals surface area contributed by atoms with Crippen molar-refractivity contribution < 1.29 is 9.53 Å². The van der Waals surface area contributed by atoms with E-state index in [1.54, 1.807) is 24.5 Å². The average Bonchev–Trinajstić information content (AvgIpc) is 2.75. The van der Waals surface area contributed by atoms with Crippen LogP contribution in [0.25, 0.3) is 0 Å². The molecule has 0 spiro atoms.